The minimum Gasteiger partial charge on any atom is -0.497 e. The van der Waals surface area contributed by atoms with Gasteiger partial charge in [-0.3, -0.25) is 4.79 Å². The Bertz CT molecular complexity index is 660. The van der Waals surface area contributed by atoms with E-state index in [-0.39, 0.29) is 5.91 Å². The van der Waals surface area contributed by atoms with E-state index in [0.29, 0.717) is 43.9 Å². The van der Waals surface area contributed by atoms with Crippen LogP contribution in [0.1, 0.15) is 16.8 Å². The van der Waals surface area contributed by atoms with Crippen LogP contribution < -0.4 is 4.74 Å². The molecule has 0 unspecified atom stereocenters. The maximum absolute atomic E-state index is 12.6. The summed E-state index contributed by atoms with van der Waals surface area (Å²) in [6.45, 7) is 1.64. The molecule has 2 rings (SSSR count). The molecule has 128 valence electrons. The van der Waals surface area contributed by atoms with Crippen LogP contribution in [0.15, 0.2) is 24.3 Å². The Labute approximate surface area is 137 Å². The third kappa shape index (κ3) is 4.01. The number of nitrogens with zero attached hydrogens (tertiary/aromatic N) is 3. The molecule has 0 radical (unpaired) electrons. The van der Waals surface area contributed by atoms with Gasteiger partial charge in [-0.15, -0.1) is 0 Å². The van der Waals surface area contributed by atoms with Gasteiger partial charge in [0.1, 0.15) is 5.75 Å². The lowest BCUT2D eigenvalue weighted by Gasteiger charge is -2.24. The first-order valence-corrected chi connectivity index (χ1v) is 8.87. The van der Waals surface area contributed by atoms with Crippen molar-refractivity contribution in [2.75, 3.05) is 47.4 Å². The van der Waals surface area contributed by atoms with Crippen LogP contribution in [0.25, 0.3) is 0 Å². The number of amides is 1. The summed E-state index contributed by atoms with van der Waals surface area (Å²) >= 11 is 0. The molecule has 8 heteroatoms. The molecular formula is C15H23N3O4S. The first-order valence-electron chi connectivity index (χ1n) is 7.47. The van der Waals surface area contributed by atoms with Gasteiger partial charge in [0.25, 0.3) is 16.1 Å². The summed E-state index contributed by atoms with van der Waals surface area (Å²) < 4.78 is 32.2. The fourth-order valence-electron chi connectivity index (χ4n) is 2.50. The number of carbonyl (C=O) groups excluding carboxylic acids is 1. The zero-order valence-corrected chi connectivity index (χ0v) is 14.5. The van der Waals surface area contributed by atoms with Crippen molar-refractivity contribution in [2.24, 2.45) is 0 Å². The third-order valence-corrected chi connectivity index (χ3v) is 5.79. The van der Waals surface area contributed by atoms with Crippen LogP contribution in [0.4, 0.5) is 0 Å². The molecule has 0 spiro atoms. The average Bonchev–Trinajstić information content (AvgIpc) is 2.80. The third-order valence-electron chi connectivity index (χ3n) is 3.85. The Hall–Kier alpha value is -1.64. The van der Waals surface area contributed by atoms with Gasteiger partial charge in [0, 0.05) is 45.8 Å². The van der Waals surface area contributed by atoms with Crippen molar-refractivity contribution in [2.45, 2.75) is 6.42 Å². The van der Waals surface area contributed by atoms with Crippen LogP contribution in [-0.2, 0) is 10.2 Å². The molecule has 1 saturated heterocycles. The van der Waals surface area contributed by atoms with E-state index >= 15 is 0 Å². The topological polar surface area (TPSA) is 70.2 Å². The van der Waals surface area contributed by atoms with Gasteiger partial charge >= 0.3 is 0 Å². The Morgan fingerprint density at radius 1 is 1.17 bits per heavy atom. The Morgan fingerprint density at radius 3 is 2.57 bits per heavy atom. The number of hydrogen-bond acceptors (Lipinski definition) is 4. The molecule has 23 heavy (non-hydrogen) atoms. The quantitative estimate of drug-likeness (QED) is 0.806. The minimum atomic E-state index is -3.44. The monoisotopic (exact) mass is 341 g/mol. The lowest BCUT2D eigenvalue weighted by atomic mass is 10.2. The molecule has 1 fully saturated rings. The van der Waals surface area contributed by atoms with Gasteiger partial charge in [-0.05, 0) is 24.6 Å². The van der Waals surface area contributed by atoms with E-state index in [4.69, 9.17) is 4.74 Å². The van der Waals surface area contributed by atoms with Gasteiger partial charge in [0.05, 0.1) is 7.11 Å². The van der Waals surface area contributed by atoms with Crippen LogP contribution in [-0.4, -0.2) is 75.2 Å². The molecule has 1 aliphatic heterocycles. The molecule has 0 bridgehead atoms. The standard InChI is InChI=1S/C15H23N3O4S/c1-16(2)23(20,21)18-9-5-8-17(10-11-18)15(19)13-6-4-7-14(12-13)22-3/h4,6-7,12H,5,8-11H2,1-3H3. The molecule has 1 aliphatic rings. The van der Waals surface area contributed by atoms with Gasteiger partial charge in [0.15, 0.2) is 0 Å². The highest BCUT2D eigenvalue weighted by Gasteiger charge is 2.28. The SMILES string of the molecule is COc1cccc(C(=O)N2CCCN(S(=O)(=O)N(C)C)CC2)c1. The molecule has 1 aromatic carbocycles. The molecule has 0 aliphatic carbocycles. The van der Waals surface area contributed by atoms with Crippen molar-refractivity contribution in [1.29, 1.82) is 0 Å². The average molecular weight is 341 g/mol. The smallest absolute Gasteiger partial charge is 0.281 e. The fraction of sp³-hybridized carbons (Fsp3) is 0.533. The van der Waals surface area contributed by atoms with E-state index in [1.165, 1.54) is 22.7 Å². The molecule has 7 nitrogen and oxygen atoms in total. The van der Waals surface area contributed by atoms with Gasteiger partial charge in [-0.2, -0.15) is 17.0 Å². The molecule has 0 atom stereocenters. The first-order chi connectivity index (χ1) is 10.9. The Morgan fingerprint density at radius 2 is 1.91 bits per heavy atom. The van der Waals surface area contributed by atoms with Crippen LogP contribution >= 0.6 is 0 Å². The molecule has 0 N–H and O–H groups in total. The van der Waals surface area contributed by atoms with Crippen molar-refractivity contribution in [3.8, 4) is 5.75 Å². The summed E-state index contributed by atoms with van der Waals surface area (Å²) in [5, 5.41) is 0. The Kier molecular flexibility index (Phi) is 5.61. The second-order valence-corrected chi connectivity index (χ2v) is 7.71. The predicted octanol–water partition coefficient (Wildman–Crippen LogP) is 0.650. The highest BCUT2D eigenvalue weighted by Crippen LogP contribution is 2.16. The molecule has 0 saturated carbocycles. The van der Waals surface area contributed by atoms with Gasteiger partial charge < -0.3 is 9.64 Å². The summed E-state index contributed by atoms with van der Waals surface area (Å²) in [5.74, 6) is 0.524. The number of carbonyl (C=O) groups is 1. The van der Waals surface area contributed by atoms with Crippen molar-refractivity contribution < 1.29 is 17.9 Å². The zero-order valence-electron chi connectivity index (χ0n) is 13.7. The fourth-order valence-corrected chi connectivity index (χ4v) is 3.63. The lowest BCUT2D eigenvalue weighted by molar-refractivity contribution is 0.0763. The summed E-state index contributed by atoms with van der Waals surface area (Å²) in [4.78, 5) is 14.3. The van der Waals surface area contributed by atoms with Crippen LogP contribution in [0, 0.1) is 0 Å². The van der Waals surface area contributed by atoms with E-state index in [9.17, 15) is 13.2 Å². The highest BCUT2D eigenvalue weighted by molar-refractivity contribution is 7.86. The number of benzene rings is 1. The Balaban J connectivity index is 2.09. The summed E-state index contributed by atoms with van der Waals surface area (Å²) in [6.07, 6.45) is 0.614. The normalized spacial score (nSPS) is 17.1. The number of rotatable bonds is 4. The maximum Gasteiger partial charge on any atom is 0.281 e. The molecular weight excluding hydrogens is 318 g/mol. The highest BCUT2D eigenvalue weighted by atomic mass is 32.2. The summed E-state index contributed by atoms with van der Waals surface area (Å²) in [5.41, 5.74) is 0.549. The van der Waals surface area contributed by atoms with Crippen molar-refractivity contribution in [1.82, 2.24) is 13.5 Å². The van der Waals surface area contributed by atoms with E-state index < -0.39 is 10.2 Å². The van der Waals surface area contributed by atoms with Gasteiger partial charge in [-0.25, -0.2) is 0 Å². The van der Waals surface area contributed by atoms with Crippen LogP contribution in [0.5, 0.6) is 5.75 Å². The maximum atomic E-state index is 12.6. The van der Waals surface area contributed by atoms with Crippen molar-refractivity contribution in [3.63, 3.8) is 0 Å². The number of hydrogen-bond donors (Lipinski definition) is 0. The first kappa shape index (κ1) is 17.7. The molecule has 1 aromatic rings. The summed E-state index contributed by atoms with van der Waals surface area (Å²) in [6, 6.07) is 6.99. The zero-order chi connectivity index (χ0) is 17.0. The van der Waals surface area contributed by atoms with Gasteiger partial charge in [-0.1, -0.05) is 6.07 Å². The van der Waals surface area contributed by atoms with Crippen LogP contribution in [0.2, 0.25) is 0 Å². The number of methoxy groups -OCH3 is 1. The van der Waals surface area contributed by atoms with E-state index in [1.807, 2.05) is 0 Å². The van der Waals surface area contributed by atoms with E-state index in [1.54, 1.807) is 36.3 Å². The summed E-state index contributed by atoms with van der Waals surface area (Å²) in [7, 11) is 1.14. The van der Waals surface area contributed by atoms with Crippen molar-refractivity contribution in [3.05, 3.63) is 29.8 Å². The lowest BCUT2D eigenvalue weighted by Crippen LogP contribution is -2.42. The molecule has 1 amide bonds. The van der Waals surface area contributed by atoms with E-state index in [0.717, 1.165) is 0 Å². The number of ether oxygens (including phenoxy) is 1. The predicted molar refractivity (Wildman–Crippen MR) is 87.7 cm³/mol. The molecule has 0 aromatic heterocycles. The largest absolute Gasteiger partial charge is 0.497 e. The second-order valence-electron chi connectivity index (χ2n) is 5.57. The van der Waals surface area contributed by atoms with Crippen LogP contribution in [0.3, 0.4) is 0 Å². The van der Waals surface area contributed by atoms with E-state index in [2.05, 4.69) is 0 Å². The van der Waals surface area contributed by atoms with Crippen molar-refractivity contribution >= 4 is 16.1 Å². The van der Waals surface area contributed by atoms with Gasteiger partial charge in [0.2, 0.25) is 0 Å². The molecule has 1 heterocycles. The minimum absolute atomic E-state index is 0.104. The second kappa shape index (κ2) is 7.29.